The molecular weight excluding hydrogens is 431 g/mol. The molecule has 0 aliphatic rings. The van der Waals surface area contributed by atoms with E-state index in [2.05, 4.69) is 4.37 Å². The molecule has 0 saturated heterocycles. The van der Waals surface area contributed by atoms with Crippen LogP contribution in [0.4, 0.5) is 13.2 Å². The molecule has 2 aromatic carbocycles. The third kappa shape index (κ3) is 3.32. The molecule has 0 N–H and O–H groups in total. The topological polar surface area (TPSA) is 76.8 Å². The van der Waals surface area contributed by atoms with Crippen molar-refractivity contribution in [1.29, 1.82) is 0 Å². The Morgan fingerprint density at radius 2 is 1.74 bits per heavy atom. The summed E-state index contributed by atoms with van der Waals surface area (Å²) in [6.07, 6.45) is -4.84. The molecule has 4 aromatic rings. The molecular formula is C21H15F3N3O3S. The van der Waals surface area contributed by atoms with Crippen molar-refractivity contribution in [3.05, 3.63) is 74.1 Å². The van der Waals surface area contributed by atoms with Crippen LogP contribution in [-0.2, 0) is 18.3 Å². The maximum Gasteiger partial charge on any atom is 0.431 e. The first-order valence-electron chi connectivity index (χ1n) is 9.08. The molecule has 0 saturated carbocycles. The standard InChI is InChI=1S/C21H15F3N3O3S/c1-10-4-6-13(19(29)11(10)2)18-14-8-12(5-7-15(14)31-25-18)27-17(28)9-16(21(22,23)24)26(3)20(27)30/h4-9H,1-3H3. The second-order valence-electron chi connectivity index (χ2n) is 7.14. The highest BCUT2D eigenvalue weighted by molar-refractivity contribution is 7.13. The molecule has 1 radical (unpaired) electrons. The first kappa shape index (κ1) is 20.9. The molecule has 0 aliphatic heterocycles. The Morgan fingerprint density at radius 3 is 2.42 bits per heavy atom. The Morgan fingerprint density at radius 1 is 1.03 bits per heavy atom. The average molecular weight is 446 g/mol. The Bertz CT molecular complexity index is 1470. The van der Waals surface area contributed by atoms with Crippen LogP contribution in [0, 0.1) is 13.8 Å². The lowest BCUT2D eigenvalue weighted by atomic mass is 10.0. The Hall–Kier alpha value is -3.40. The van der Waals surface area contributed by atoms with Crippen molar-refractivity contribution in [1.82, 2.24) is 13.5 Å². The summed E-state index contributed by atoms with van der Waals surface area (Å²) in [6.45, 7) is 3.54. The van der Waals surface area contributed by atoms with Gasteiger partial charge < -0.3 is 0 Å². The summed E-state index contributed by atoms with van der Waals surface area (Å²) in [5, 5.41) is 13.2. The number of hydrogen-bond acceptors (Lipinski definition) is 4. The van der Waals surface area contributed by atoms with Crippen molar-refractivity contribution < 1.29 is 18.3 Å². The number of benzene rings is 2. The lowest BCUT2D eigenvalue weighted by Crippen LogP contribution is -2.40. The summed E-state index contributed by atoms with van der Waals surface area (Å²) in [4.78, 5) is 25.0. The number of nitrogens with zero attached hydrogens (tertiary/aromatic N) is 3. The molecule has 4 rings (SSSR count). The molecule has 2 heterocycles. The molecule has 159 valence electrons. The summed E-state index contributed by atoms with van der Waals surface area (Å²) in [5.74, 6) is -0.180. The largest absolute Gasteiger partial charge is 0.431 e. The number of alkyl halides is 3. The average Bonchev–Trinajstić information content (AvgIpc) is 3.11. The predicted molar refractivity (Wildman–Crippen MR) is 111 cm³/mol. The van der Waals surface area contributed by atoms with Crippen molar-refractivity contribution >= 4 is 21.6 Å². The first-order valence-corrected chi connectivity index (χ1v) is 9.85. The van der Waals surface area contributed by atoms with Gasteiger partial charge in [0.2, 0.25) is 0 Å². The summed E-state index contributed by atoms with van der Waals surface area (Å²) in [7, 11) is 0.954. The number of aromatic nitrogens is 3. The van der Waals surface area contributed by atoms with E-state index in [1.165, 1.54) is 12.1 Å². The molecule has 31 heavy (non-hydrogen) atoms. The van der Waals surface area contributed by atoms with Crippen LogP contribution in [0.3, 0.4) is 0 Å². The lowest BCUT2D eigenvalue weighted by molar-refractivity contribution is -0.144. The highest BCUT2D eigenvalue weighted by Gasteiger charge is 2.35. The second-order valence-corrected chi connectivity index (χ2v) is 7.94. The van der Waals surface area contributed by atoms with E-state index in [0.717, 1.165) is 24.1 Å². The van der Waals surface area contributed by atoms with Crippen LogP contribution in [0.1, 0.15) is 16.8 Å². The molecule has 0 bridgehead atoms. The molecule has 10 heteroatoms. The van der Waals surface area contributed by atoms with Gasteiger partial charge in [-0.05, 0) is 60.8 Å². The third-order valence-electron chi connectivity index (χ3n) is 5.25. The second kappa shape index (κ2) is 7.09. The summed E-state index contributed by atoms with van der Waals surface area (Å²) < 4.78 is 45.4. The molecule has 0 spiro atoms. The molecule has 2 aromatic heterocycles. The van der Waals surface area contributed by atoms with Gasteiger partial charge in [-0.1, -0.05) is 6.07 Å². The van der Waals surface area contributed by atoms with E-state index < -0.39 is 23.1 Å². The van der Waals surface area contributed by atoms with E-state index in [4.69, 9.17) is 0 Å². The van der Waals surface area contributed by atoms with Gasteiger partial charge in [-0.25, -0.2) is 9.36 Å². The van der Waals surface area contributed by atoms with Crippen LogP contribution in [-0.4, -0.2) is 13.5 Å². The van der Waals surface area contributed by atoms with Gasteiger partial charge in [-0.15, -0.1) is 0 Å². The number of rotatable bonds is 2. The highest BCUT2D eigenvalue weighted by atomic mass is 32.1. The maximum atomic E-state index is 13.1. The predicted octanol–water partition coefficient (Wildman–Crippen LogP) is 4.59. The third-order valence-corrected chi connectivity index (χ3v) is 6.08. The van der Waals surface area contributed by atoms with E-state index >= 15 is 0 Å². The fourth-order valence-corrected chi connectivity index (χ4v) is 4.14. The molecule has 6 nitrogen and oxygen atoms in total. The van der Waals surface area contributed by atoms with Gasteiger partial charge in [0.25, 0.3) is 5.56 Å². The molecule has 0 amide bonds. The molecule has 0 unspecified atom stereocenters. The number of aryl methyl sites for hydroxylation is 1. The summed E-state index contributed by atoms with van der Waals surface area (Å²) >= 11 is 1.14. The first-order chi connectivity index (χ1) is 14.5. The van der Waals surface area contributed by atoms with Crippen LogP contribution in [0.5, 0.6) is 5.75 Å². The lowest BCUT2D eigenvalue weighted by Gasteiger charge is -2.14. The SMILES string of the molecule is Cc1ccc(-c2nsc3ccc(-n4c(=O)cc(C(F)(F)F)n(C)c4=O)cc23)c([O])c1C. The maximum absolute atomic E-state index is 13.1. The zero-order valence-corrected chi connectivity index (χ0v) is 17.4. The Kier molecular flexibility index (Phi) is 4.77. The zero-order valence-electron chi connectivity index (χ0n) is 16.6. The molecule has 0 aliphatic carbocycles. The minimum atomic E-state index is -4.84. The van der Waals surface area contributed by atoms with Crippen LogP contribution in [0.2, 0.25) is 0 Å². The Balaban J connectivity index is 1.96. The van der Waals surface area contributed by atoms with E-state index in [1.807, 2.05) is 6.92 Å². The number of fused-ring (bicyclic) bond motifs is 1. The van der Waals surface area contributed by atoms with Crippen molar-refractivity contribution in [3.8, 4) is 22.7 Å². The van der Waals surface area contributed by atoms with E-state index in [9.17, 15) is 27.9 Å². The molecule has 0 fully saturated rings. The fraction of sp³-hybridized carbons (Fsp3) is 0.190. The van der Waals surface area contributed by atoms with Crippen molar-refractivity contribution in [2.75, 3.05) is 0 Å². The van der Waals surface area contributed by atoms with Crippen LogP contribution in [0.25, 0.3) is 27.0 Å². The van der Waals surface area contributed by atoms with E-state index in [1.54, 1.807) is 25.1 Å². The Labute approximate surface area is 177 Å². The van der Waals surface area contributed by atoms with Gasteiger partial charge in [-0.3, -0.25) is 14.5 Å². The summed E-state index contributed by atoms with van der Waals surface area (Å²) in [6, 6.07) is 8.41. The van der Waals surface area contributed by atoms with E-state index in [-0.39, 0.29) is 11.4 Å². The normalized spacial score (nSPS) is 11.9. The summed E-state index contributed by atoms with van der Waals surface area (Å²) in [5.41, 5.74) is -1.27. The van der Waals surface area contributed by atoms with Gasteiger partial charge in [0, 0.05) is 24.1 Å². The minimum Gasteiger partial charge on any atom is -0.292 e. The number of hydrogen-bond donors (Lipinski definition) is 0. The van der Waals surface area contributed by atoms with Crippen molar-refractivity contribution in [2.45, 2.75) is 20.0 Å². The van der Waals surface area contributed by atoms with Crippen LogP contribution >= 0.6 is 11.5 Å². The van der Waals surface area contributed by atoms with Crippen molar-refractivity contribution in [3.63, 3.8) is 0 Å². The van der Waals surface area contributed by atoms with Gasteiger partial charge in [0.05, 0.1) is 16.1 Å². The van der Waals surface area contributed by atoms with Gasteiger partial charge >= 0.3 is 11.9 Å². The fourth-order valence-electron chi connectivity index (χ4n) is 3.37. The zero-order chi connectivity index (χ0) is 22.7. The molecule has 0 atom stereocenters. The van der Waals surface area contributed by atoms with Crippen molar-refractivity contribution in [2.24, 2.45) is 7.05 Å². The van der Waals surface area contributed by atoms with Crippen LogP contribution in [0.15, 0.2) is 46.0 Å². The van der Waals surface area contributed by atoms with Gasteiger partial charge in [0.1, 0.15) is 5.69 Å². The smallest absolute Gasteiger partial charge is 0.292 e. The highest BCUT2D eigenvalue weighted by Crippen LogP contribution is 2.39. The quantitative estimate of drug-likeness (QED) is 0.452. The number of halogens is 3. The monoisotopic (exact) mass is 446 g/mol. The van der Waals surface area contributed by atoms with E-state index in [0.29, 0.717) is 42.1 Å². The van der Waals surface area contributed by atoms with Crippen LogP contribution < -0.4 is 11.2 Å². The van der Waals surface area contributed by atoms with Gasteiger partial charge in [0.15, 0.2) is 5.75 Å². The van der Waals surface area contributed by atoms with Gasteiger partial charge in [-0.2, -0.15) is 17.5 Å². The minimum absolute atomic E-state index is 0.0876.